The Morgan fingerprint density at radius 1 is 0.254 bits per heavy atom. The molecule has 11 rings (SSSR count). The van der Waals surface area contributed by atoms with Gasteiger partial charge in [-0.1, -0.05) is 97.1 Å². The molecule has 0 bridgehead atoms. The minimum Gasteiger partial charge on any atom is -0.311 e. The lowest BCUT2D eigenvalue weighted by molar-refractivity contribution is 1.27. The lowest BCUT2D eigenvalue weighted by atomic mass is 10.0. The van der Waals surface area contributed by atoms with Crippen molar-refractivity contribution >= 4 is 45.5 Å². The Hall–Kier alpha value is -8.78. The number of aromatic nitrogens is 4. The van der Waals surface area contributed by atoms with E-state index in [9.17, 15) is 0 Å². The molecule has 0 N–H and O–H groups in total. The van der Waals surface area contributed by atoms with Crippen molar-refractivity contribution < 1.29 is 0 Å². The molecule has 0 saturated heterocycles. The highest BCUT2D eigenvalue weighted by Gasteiger charge is 2.16. The SMILES string of the molecule is c1ccc(N(c2ccc(-c3ccc(-c4cccnc4)nc3)cc2)c2ccc(-c3ccc(-c4ccc(N(c5ccccc5)c5ccc(-c6ccc(-c7cccnc7)nc6)cc5)cc4)s3)cc2)cc1. The maximum Gasteiger partial charge on any atom is 0.0717 e. The third kappa shape index (κ3) is 8.87. The van der Waals surface area contributed by atoms with Crippen molar-refractivity contribution in [2.75, 3.05) is 9.80 Å². The lowest BCUT2D eigenvalue weighted by Gasteiger charge is -2.26. The van der Waals surface area contributed by atoms with E-state index in [0.29, 0.717) is 0 Å². The Bertz CT molecular complexity index is 3100. The van der Waals surface area contributed by atoms with E-state index in [-0.39, 0.29) is 0 Å². The van der Waals surface area contributed by atoms with Crippen LogP contribution in [0.5, 0.6) is 0 Å². The van der Waals surface area contributed by atoms with Gasteiger partial charge in [0.05, 0.1) is 11.4 Å². The molecule has 0 saturated carbocycles. The molecular weight excluding hydrogens is 837 g/mol. The van der Waals surface area contributed by atoms with Crippen LogP contribution in [-0.4, -0.2) is 19.9 Å². The summed E-state index contributed by atoms with van der Waals surface area (Å²) in [7, 11) is 0. The van der Waals surface area contributed by atoms with Crippen molar-refractivity contribution in [1.29, 1.82) is 0 Å². The monoisotopic (exact) mass is 878 g/mol. The minimum absolute atomic E-state index is 0.907. The first-order chi connectivity index (χ1) is 33.2. The van der Waals surface area contributed by atoms with Crippen molar-refractivity contribution in [1.82, 2.24) is 19.9 Å². The summed E-state index contributed by atoms with van der Waals surface area (Å²) in [5, 5.41) is 0. The second-order valence-corrected chi connectivity index (χ2v) is 17.1. The summed E-state index contributed by atoms with van der Waals surface area (Å²) < 4.78 is 0. The molecule has 6 aromatic carbocycles. The summed E-state index contributed by atoms with van der Waals surface area (Å²) in [5.74, 6) is 0. The number of benzene rings is 6. The van der Waals surface area contributed by atoms with Gasteiger partial charge in [-0.2, -0.15) is 0 Å². The number of rotatable bonds is 12. The molecule has 0 radical (unpaired) electrons. The fourth-order valence-electron chi connectivity index (χ4n) is 8.35. The summed E-state index contributed by atoms with van der Waals surface area (Å²) >= 11 is 1.81. The van der Waals surface area contributed by atoms with Crippen LogP contribution in [0.25, 0.3) is 65.6 Å². The summed E-state index contributed by atoms with van der Waals surface area (Å²) in [6, 6.07) is 76.9. The zero-order valence-electron chi connectivity index (χ0n) is 36.3. The van der Waals surface area contributed by atoms with E-state index in [0.717, 1.165) is 78.9 Å². The van der Waals surface area contributed by atoms with Crippen molar-refractivity contribution in [2.24, 2.45) is 0 Å². The van der Waals surface area contributed by atoms with Gasteiger partial charge in [-0.15, -0.1) is 11.3 Å². The van der Waals surface area contributed by atoms with Crippen LogP contribution in [0.3, 0.4) is 0 Å². The molecule has 5 aromatic heterocycles. The van der Waals surface area contributed by atoms with Crippen molar-refractivity contribution in [3.05, 3.63) is 256 Å². The molecule has 0 aliphatic heterocycles. The van der Waals surface area contributed by atoms with E-state index in [1.54, 1.807) is 12.4 Å². The highest BCUT2D eigenvalue weighted by molar-refractivity contribution is 7.18. The zero-order valence-corrected chi connectivity index (χ0v) is 37.2. The predicted molar refractivity (Wildman–Crippen MR) is 277 cm³/mol. The molecule has 0 aliphatic rings. The van der Waals surface area contributed by atoms with E-state index >= 15 is 0 Å². The third-order valence-electron chi connectivity index (χ3n) is 11.8. The van der Waals surface area contributed by atoms with E-state index < -0.39 is 0 Å². The molecular formula is C60H42N6S. The highest BCUT2D eigenvalue weighted by Crippen LogP contribution is 2.41. The van der Waals surface area contributed by atoms with Crippen LogP contribution in [0.15, 0.2) is 256 Å². The summed E-state index contributed by atoms with van der Waals surface area (Å²) in [6.07, 6.45) is 11.1. The summed E-state index contributed by atoms with van der Waals surface area (Å²) in [5.41, 5.74) is 17.0. The number of anilines is 6. The lowest BCUT2D eigenvalue weighted by Crippen LogP contribution is -2.09. The largest absolute Gasteiger partial charge is 0.311 e. The molecule has 0 fully saturated rings. The van der Waals surface area contributed by atoms with Crippen LogP contribution in [0, 0.1) is 0 Å². The van der Waals surface area contributed by atoms with Gasteiger partial charge in [0.15, 0.2) is 0 Å². The van der Waals surface area contributed by atoms with Gasteiger partial charge in [-0.25, -0.2) is 0 Å². The topological polar surface area (TPSA) is 58.0 Å². The Balaban J connectivity index is 0.809. The first kappa shape index (κ1) is 41.0. The van der Waals surface area contributed by atoms with E-state index in [2.05, 4.69) is 214 Å². The molecule has 0 spiro atoms. The van der Waals surface area contributed by atoms with Crippen LogP contribution in [0.4, 0.5) is 34.1 Å². The Kier molecular flexibility index (Phi) is 11.5. The first-order valence-corrected chi connectivity index (χ1v) is 23.0. The molecule has 7 heteroatoms. The second kappa shape index (κ2) is 18.7. The van der Waals surface area contributed by atoms with Crippen molar-refractivity contribution in [3.63, 3.8) is 0 Å². The molecule has 0 aliphatic carbocycles. The average Bonchev–Trinajstić information content (AvgIpc) is 3.92. The summed E-state index contributed by atoms with van der Waals surface area (Å²) in [4.78, 5) is 25.0. The van der Waals surface area contributed by atoms with Gasteiger partial charge in [0.1, 0.15) is 0 Å². The quantitative estimate of drug-likeness (QED) is 0.122. The van der Waals surface area contributed by atoms with Gasteiger partial charge < -0.3 is 9.80 Å². The normalized spacial score (nSPS) is 11.0. The number of thiophene rings is 1. The maximum absolute atomic E-state index is 4.72. The Morgan fingerprint density at radius 2 is 0.597 bits per heavy atom. The first-order valence-electron chi connectivity index (χ1n) is 22.2. The van der Waals surface area contributed by atoms with Gasteiger partial charge in [0, 0.05) is 103 Å². The van der Waals surface area contributed by atoms with Crippen LogP contribution in [0.2, 0.25) is 0 Å². The van der Waals surface area contributed by atoms with Gasteiger partial charge in [0.2, 0.25) is 0 Å². The number of hydrogen-bond donors (Lipinski definition) is 0. The Labute approximate surface area is 394 Å². The van der Waals surface area contributed by atoms with E-state index in [4.69, 9.17) is 9.97 Å². The highest BCUT2D eigenvalue weighted by atomic mass is 32.1. The smallest absolute Gasteiger partial charge is 0.0717 e. The molecule has 67 heavy (non-hydrogen) atoms. The van der Waals surface area contributed by atoms with Crippen LogP contribution < -0.4 is 9.80 Å². The molecule has 6 nitrogen and oxygen atoms in total. The molecule has 0 amide bonds. The molecule has 318 valence electrons. The second-order valence-electron chi connectivity index (χ2n) is 16.0. The average molecular weight is 879 g/mol. The summed E-state index contributed by atoms with van der Waals surface area (Å²) in [6.45, 7) is 0. The van der Waals surface area contributed by atoms with Gasteiger partial charge in [-0.3, -0.25) is 19.9 Å². The van der Waals surface area contributed by atoms with Crippen LogP contribution in [-0.2, 0) is 0 Å². The molecule has 11 aromatic rings. The van der Waals surface area contributed by atoms with Gasteiger partial charge in [-0.05, 0) is 144 Å². The third-order valence-corrected chi connectivity index (χ3v) is 13.0. The van der Waals surface area contributed by atoms with E-state index in [1.165, 1.54) is 20.9 Å². The van der Waals surface area contributed by atoms with Crippen LogP contribution >= 0.6 is 11.3 Å². The van der Waals surface area contributed by atoms with Crippen LogP contribution in [0.1, 0.15) is 0 Å². The van der Waals surface area contributed by atoms with Crippen molar-refractivity contribution in [2.45, 2.75) is 0 Å². The maximum atomic E-state index is 4.72. The number of nitrogens with zero attached hydrogens (tertiary/aromatic N) is 6. The fourth-order valence-corrected chi connectivity index (χ4v) is 9.37. The minimum atomic E-state index is 0.907. The standard InChI is InChI=1S/C60H42N6S/c1-3-11-51(12-4-1)65(53-25-15-43(16-26-53)47-23-33-57(63-41-47)49-9-7-37-61-39-49)55-29-19-45(20-30-55)59-35-36-60(67-59)46-21-31-56(32-22-46)66(52-13-5-2-6-14-52)54-27-17-44(18-28-54)48-24-34-58(64-42-48)50-10-8-38-62-40-50/h1-42H. The number of pyridine rings is 4. The van der Waals surface area contributed by atoms with Gasteiger partial charge >= 0.3 is 0 Å². The molecule has 5 heterocycles. The fraction of sp³-hybridized carbons (Fsp3) is 0. The molecule has 0 unspecified atom stereocenters. The Morgan fingerprint density at radius 3 is 0.925 bits per heavy atom. The van der Waals surface area contributed by atoms with Crippen molar-refractivity contribution in [3.8, 4) is 65.6 Å². The van der Waals surface area contributed by atoms with E-state index in [1.807, 2.05) is 60.4 Å². The zero-order chi connectivity index (χ0) is 44.8. The number of hydrogen-bond acceptors (Lipinski definition) is 7. The molecule has 0 atom stereocenters. The predicted octanol–water partition coefficient (Wildman–Crippen LogP) is 16.3. The van der Waals surface area contributed by atoms with Gasteiger partial charge in [0.25, 0.3) is 0 Å². The number of para-hydroxylation sites is 2.